The second-order valence-electron chi connectivity index (χ2n) is 9.40. The van der Waals surface area contributed by atoms with Crippen LogP contribution in [0, 0.1) is 0 Å². The fourth-order valence-corrected chi connectivity index (χ4v) is 4.18. The SMILES string of the molecule is CSCC[C@H](NC(=O)OC(C)(C)C)C(=O)Oc1ccc2c(=O)c(-c3ccc4c(c3)OCCO4)coc2c1. The normalized spacial score (nSPS) is 13.6. The monoisotopic (exact) mass is 527 g/mol. The number of carbonyl (C=O) groups excluding carboxylic acids is 2. The van der Waals surface area contributed by atoms with Gasteiger partial charge >= 0.3 is 12.1 Å². The van der Waals surface area contributed by atoms with Crippen molar-refractivity contribution < 1.29 is 33.0 Å². The maximum absolute atomic E-state index is 13.2. The summed E-state index contributed by atoms with van der Waals surface area (Å²) < 4.78 is 27.7. The minimum Gasteiger partial charge on any atom is -0.486 e. The van der Waals surface area contributed by atoms with Crippen molar-refractivity contribution in [3.05, 3.63) is 52.9 Å². The lowest BCUT2D eigenvalue weighted by Crippen LogP contribution is -2.45. The highest BCUT2D eigenvalue weighted by atomic mass is 32.2. The number of thioether (sulfide) groups is 1. The predicted octanol–water partition coefficient (Wildman–Crippen LogP) is 4.78. The molecule has 37 heavy (non-hydrogen) atoms. The molecule has 196 valence electrons. The first kappa shape index (κ1) is 26.4. The summed E-state index contributed by atoms with van der Waals surface area (Å²) in [6.07, 6.45) is 2.93. The van der Waals surface area contributed by atoms with Gasteiger partial charge in [0.25, 0.3) is 0 Å². The average Bonchev–Trinajstić information content (AvgIpc) is 2.85. The van der Waals surface area contributed by atoms with Gasteiger partial charge in [-0.25, -0.2) is 9.59 Å². The van der Waals surface area contributed by atoms with Crippen LogP contribution in [0.4, 0.5) is 4.79 Å². The Bertz CT molecular complexity index is 1360. The highest BCUT2D eigenvalue weighted by molar-refractivity contribution is 7.98. The third-order valence-electron chi connectivity index (χ3n) is 5.40. The molecular formula is C27H29NO8S. The Balaban J connectivity index is 1.53. The molecule has 0 unspecified atom stereocenters. The number of ether oxygens (including phenoxy) is 4. The van der Waals surface area contributed by atoms with Crippen LogP contribution in [0.2, 0.25) is 0 Å². The zero-order valence-corrected chi connectivity index (χ0v) is 21.9. The fourth-order valence-electron chi connectivity index (χ4n) is 3.70. The van der Waals surface area contributed by atoms with Crippen molar-refractivity contribution >= 4 is 34.8 Å². The van der Waals surface area contributed by atoms with E-state index in [-0.39, 0.29) is 16.8 Å². The van der Waals surface area contributed by atoms with Gasteiger partial charge in [0.2, 0.25) is 0 Å². The Morgan fingerprint density at radius 2 is 1.84 bits per heavy atom. The van der Waals surface area contributed by atoms with E-state index in [1.807, 2.05) is 6.26 Å². The first-order valence-corrected chi connectivity index (χ1v) is 13.2. The standard InChI is InChI=1S/C27H29NO8S/c1-27(2,3)36-26(31)28-20(9-12-37-4)25(30)35-17-6-7-18-22(14-17)34-15-19(24(18)29)16-5-8-21-23(13-16)33-11-10-32-21/h5-8,13-15,20H,9-12H2,1-4H3,(H,28,31)/t20-/m0/s1. The number of nitrogens with one attached hydrogen (secondary N) is 1. The van der Waals surface area contributed by atoms with Crippen molar-refractivity contribution in [1.82, 2.24) is 5.32 Å². The average molecular weight is 528 g/mol. The largest absolute Gasteiger partial charge is 0.486 e. The molecule has 9 nitrogen and oxygen atoms in total. The van der Waals surface area contributed by atoms with Gasteiger partial charge in [0.15, 0.2) is 16.9 Å². The van der Waals surface area contributed by atoms with Gasteiger partial charge < -0.3 is 28.7 Å². The molecule has 0 saturated heterocycles. The molecule has 0 spiro atoms. The van der Waals surface area contributed by atoms with Gasteiger partial charge in [-0.2, -0.15) is 11.8 Å². The second kappa shape index (κ2) is 11.2. The van der Waals surface area contributed by atoms with Gasteiger partial charge in [-0.1, -0.05) is 6.07 Å². The van der Waals surface area contributed by atoms with Gasteiger partial charge in [-0.3, -0.25) is 4.79 Å². The van der Waals surface area contributed by atoms with Gasteiger partial charge in [0.1, 0.15) is 42.5 Å². The van der Waals surface area contributed by atoms with E-state index in [9.17, 15) is 14.4 Å². The fraction of sp³-hybridized carbons (Fsp3) is 0.370. The number of benzene rings is 2. The molecule has 1 aromatic heterocycles. The van der Waals surface area contributed by atoms with Crippen molar-refractivity contribution in [2.24, 2.45) is 0 Å². The van der Waals surface area contributed by atoms with E-state index >= 15 is 0 Å². The Kier molecular flexibility index (Phi) is 7.97. The minimum absolute atomic E-state index is 0.188. The summed E-state index contributed by atoms with van der Waals surface area (Å²) in [6, 6.07) is 8.91. The molecule has 0 bridgehead atoms. The van der Waals surface area contributed by atoms with E-state index in [0.29, 0.717) is 53.4 Å². The summed E-state index contributed by atoms with van der Waals surface area (Å²) in [6.45, 7) is 6.14. The molecule has 0 aliphatic carbocycles. The highest BCUT2D eigenvalue weighted by Gasteiger charge is 2.26. The molecule has 1 aliphatic heterocycles. The van der Waals surface area contributed by atoms with Gasteiger partial charge in [-0.05, 0) is 69.0 Å². The molecule has 10 heteroatoms. The van der Waals surface area contributed by atoms with Crippen LogP contribution in [0.3, 0.4) is 0 Å². The third-order valence-corrected chi connectivity index (χ3v) is 6.05. The molecule has 1 aliphatic rings. The molecule has 2 heterocycles. The third kappa shape index (κ3) is 6.56. The predicted molar refractivity (Wildman–Crippen MR) is 141 cm³/mol. The van der Waals surface area contributed by atoms with E-state index in [2.05, 4.69) is 5.32 Å². The van der Waals surface area contributed by atoms with Gasteiger partial charge in [0, 0.05) is 6.07 Å². The number of esters is 1. The maximum Gasteiger partial charge on any atom is 0.408 e. The van der Waals surface area contributed by atoms with Crippen molar-refractivity contribution in [2.45, 2.75) is 38.8 Å². The summed E-state index contributed by atoms with van der Waals surface area (Å²) in [5.41, 5.74) is 0.331. The van der Waals surface area contributed by atoms with Crippen molar-refractivity contribution in [3.8, 4) is 28.4 Å². The van der Waals surface area contributed by atoms with E-state index in [4.69, 9.17) is 23.4 Å². The van der Waals surface area contributed by atoms with Crippen LogP contribution in [-0.2, 0) is 9.53 Å². The van der Waals surface area contributed by atoms with E-state index in [1.54, 1.807) is 45.0 Å². The molecule has 2 aromatic carbocycles. The summed E-state index contributed by atoms with van der Waals surface area (Å²) >= 11 is 1.54. The van der Waals surface area contributed by atoms with E-state index in [0.717, 1.165) is 0 Å². The first-order valence-electron chi connectivity index (χ1n) is 11.8. The lowest BCUT2D eigenvalue weighted by molar-refractivity contribution is -0.136. The number of fused-ring (bicyclic) bond motifs is 2. The van der Waals surface area contributed by atoms with Crippen LogP contribution in [0.25, 0.3) is 22.1 Å². The number of alkyl carbamates (subject to hydrolysis) is 1. The molecule has 3 aromatic rings. The molecule has 1 atom stereocenters. The van der Waals surface area contributed by atoms with Gasteiger partial charge in [0.05, 0.1) is 10.9 Å². The lowest BCUT2D eigenvalue weighted by atomic mass is 10.0. The number of rotatable bonds is 7. The smallest absolute Gasteiger partial charge is 0.408 e. The van der Waals surface area contributed by atoms with Crippen molar-refractivity contribution in [3.63, 3.8) is 0 Å². The molecule has 0 radical (unpaired) electrons. The number of hydrogen-bond donors (Lipinski definition) is 1. The molecule has 0 saturated carbocycles. The van der Waals surface area contributed by atoms with Crippen molar-refractivity contribution in [1.29, 1.82) is 0 Å². The number of carbonyl (C=O) groups is 2. The zero-order chi connectivity index (χ0) is 26.6. The molecule has 1 amide bonds. The number of amides is 1. The summed E-state index contributed by atoms with van der Waals surface area (Å²) in [5.74, 6) is 1.37. The van der Waals surface area contributed by atoms with Crippen LogP contribution in [-0.4, -0.2) is 48.9 Å². The molecule has 1 N–H and O–H groups in total. The summed E-state index contributed by atoms with van der Waals surface area (Å²) in [4.78, 5) is 38.3. The van der Waals surface area contributed by atoms with Crippen LogP contribution < -0.4 is 25.0 Å². The second-order valence-corrected chi connectivity index (χ2v) is 10.4. The van der Waals surface area contributed by atoms with Gasteiger partial charge in [-0.15, -0.1) is 0 Å². The number of hydrogen-bond acceptors (Lipinski definition) is 9. The quantitative estimate of drug-likeness (QED) is 0.342. The Hall–Kier alpha value is -3.66. The highest BCUT2D eigenvalue weighted by Crippen LogP contribution is 2.34. The zero-order valence-electron chi connectivity index (χ0n) is 21.1. The van der Waals surface area contributed by atoms with Crippen molar-refractivity contribution in [2.75, 3.05) is 25.2 Å². The summed E-state index contributed by atoms with van der Waals surface area (Å²) in [7, 11) is 0. The maximum atomic E-state index is 13.2. The Morgan fingerprint density at radius 3 is 2.57 bits per heavy atom. The lowest BCUT2D eigenvalue weighted by Gasteiger charge is -2.22. The van der Waals surface area contributed by atoms with Crippen LogP contribution in [0.1, 0.15) is 27.2 Å². The molecule has 4 rings (SSSR count). The van der Waals surface area contributed by atoms with E-state index in [1.165, 1.54) is 30.2 Å². The van der Waals surface area contributed by atoms with Crippen LogP contribution in [0.5, 0.6) is 17.2 Å². The topological polar surface area (TPSA) is 113 Å². The molecular weight excluding hydrogens is 498 g/mol. The Labute approximate surface area is 218 Å². The first-order chi connectivity index (χ1) is 17.6. The summed E-state index contributed by atoms with van der Waals surface area (Å²) in [5, 5.41) is 2.91. The van der Waals surface area contributed by atoms with E-state index < -0.39 is 23.7 Å². The van der Waals surface area contributed by atoms with Crippen LogP contribution >= 0.6 is 11.8 Å². The van der Waals surface area contributed by atoms with Crippen LogP contribution in [0.15, 0.2) is 51.9 Å². The Morgan fingerprint density at radius 1 is 1.08 bits per heavy atom. The minimum atomic E-state index is -0.900. The molecule has 0 fully saturated rings.